The van der Waals surface area contributed by atoms with Gasteiger partial charge in [0.1, 0.15) is 6.26 Å². The molecule has 0 unspecified atom stereocenters. The van der Waals surface area contributed by atoms with Gasteiger partial charge in [0.05, 0.1) is 6.54 Å². The summed E-state index contributed by atoms with van der Waals surface area (Å²) in [5.41, 5.74) is 1.19. The lowest BCUT2D eigenvalue weighted by atomic mass is 10.2. The van der Waals surface area contributed by atoms with Crippen LogP contribution in [-0.4, -0.2) is 34.8 Å². The molecule has 2 amide bonds. The quantitative estimate of drug-likeness (QED) is 0.669. The van der Waals surface area contributed by atoms with Crippen molar-refractivity contribution in [3.63, 3.8) is 0 Å². The molecule has 1 aromatic carbocycles. The van der Waals surface area contributed by atoms with E-state index in [4.69, 9.17) is 4.42 Å². The maximum Gasteiger partial charge on any atom is 0.273 e. The van der Waals surface area contributed by atoms with Crippen LogP contribution in [0.5, 0.6) is 0 Å². The fourth-order valence-corrected chi connectivity index (χ4v) is 2.55. The number of aromatic nitrogens is 1. The van der Waals surface area contributed by atoms with Gasteiger partial charge in [-0.3, -0.25) is 9.59 Å². The molecule has 6 heteroatoms. The topological polar surface area (TPSA) is 75.4 Å². The average molecular weight is 383 g/mol. The lowest BCUT2D eigenvalue weighted by molar-refractivity contribution is -0.127. The molecule has 1 N–H and O–H groups in total. The molecule has 28 heavy (non-hydrogen) atoms. The molecule has 0 aliphatic carbocycles. The van der Waals surface area contributed by atoms with Gasteiger partial charge in [-0.2, -0.15) is 0 Å². The Morgan fingerprint density at radius 3 is 2.50 bits per heavy atom. The van der Waals surface area contributed by atoms with Crippen molar-refractivity contribution in [3.05, 3.63) is 59.8 Å². The number of oxazole rings is 1. The summed E-state index contributed by atoms with van der Waals surface area (Å²) in [5.74, 6) is 0.594. The first-order valence-electron chi connectivity index (χ1n) is 9.59. The van der Waals surface area contributed by atoms with Crippen LogP contribution in [0.4, 0.5) is 0 Å². The van der Waals surface area contributed by atoms with Crippen molar-refractivity contribution in [1.29, 1.82) is 0 Å². The Morgan fingerprint density at radius 2 is 1.86 bits per heavy atom. The van der Waals surface area contributed by atoms with Crippen LogP contribution >= 0.6 is 0 Å². The maximum atomic E-state index is 12.7. The summed E-state index contributed by atoms with van der Waals surface area (Å²) < 4.78 is 5.43. The number of carbonyl (C=O) groups is 2. The van der Waals surface area contributed by atoms with Crippen LogP contribution in [-0.2, 0) is 11.3 Å². The fourth-order valence-electron chi connectivity index (χ4n) is 2.55. The van der Waals surface area contributed by atoms with E-state index in [2.05, 4.69) is 10.3 Å². The van der Waals surface area contributed by atoms with E-state index in [1.165, 1.54) is 6.26 Å². The van der Waals surface area contributed by atoms with Gasteiger partial charge in [0.2, 0.25) is 11.8 Å². The lowest BCUT2D eigenvalue weighted by Crippen LogP contribution is -2.32. The first-order valence-corrected chi connectivity index (χ1v) is 9.59. The Balaban J connectivity index is 2.04. The van der Waals surface area contributed by atoms with Gasteiger partial charge in [0.25, 0.3) is 5.91 Å². The second-order valence-corrected chi connectivity index (χ2v) is 7.59. The zero-order chi connectivity index (χ0) is 20.5. The van der Waals surface area contributed by atoms with Crippen LogP contribution in [0.1, 0.15) is 49.6 Å². The smallest absolute Gasteiger partial charge is 0.273 e. The summed E-state index contributed by atoms with van der Waals surface area (Å²) in [7, 11) is 0. The Morgan fingerprint density at radius 1 is 1.14 bits per heavy atom. The lowest BCUT2D eigenvalue weighted by Gasteiger charge is -2.21. The molecule has 2 rings (SSSR count). The zero-order valence-corrected chi connectivity index (χ0v) is 17.0. The van der Waals surface area contributed by atoms with Crippen molar-refractivity contribution < 1.29 is 14.0 Å². The van der Waals surface area contributed by atoms with Gasteiger partial charge in [-0.05, 0) is 23.5 Å². The van der Waals surface area contributed by atoms with E-state index in [0.717, 1.165) is 5.56 Å². The van der Waals surface area contributed by atoms with E-state index < -0.39 is 0 Å². The normalized spacial score (nSPS) is 11.4. The summed E-state index contributed by atoms with van der Waals surface area (Å²) in [4.78, 5) is 30.7. The highest BCUT2D eigenvalue weighted by atomic mass is 16.3. The predicted molar refractivity (Wildman–Crippen MR) is 109 cm³/mol. The molecular weight excluding hydrogens is 354 g/mol. The molecule has 6 nitrogen and oxygen atoms in total. The van der Waals surface area contributed by atoms with E-state index in [0.29, 0.717) is 24.9 Å². The molecule has 0 fully saturated rings. The van der Waals surface area contributed by atoms with Crippen molar-refractivity contribution in [1.82, 2.24) is 15.2 Å². The Kier molecular flexibility index (Phi) is 7.99. The maximum absolute atomic E-state index is 12.7. The fraction of sp³-hybridized carbons (Fsp3) is 0.409. The molecule has 0 saturated carbocycles. The molecule has 0 atom stereocenters. The second-order valence-electron chi connectivity index (χ2n) is 7.59. The number of hydrogen-bond donors (Lipinski definition) is 1. The number of rotatable bonds is 9. The summed E-state index contributed by atoms with van der Waals surface area (Å²) in [6.45, 7) is 9.48. The SMILES string of the molecule is CC(C)CNC(=O)c1coc(CN(CC(C)C)C(=O)C=Cc2ccccc2)n1. The van der Waals surface area contributed by atoms with Gasteiger partial charge in [-0.15, -0.1) is 0 Å². The average Bonchev–Trinajstić information content (AvgIpc) is 3.12. The van der Waals surface area contributed by atoms with E-state index in [1.807, 2.05) is 58.0 Å². The van der Waals surface area contributed by atoms with Crippen molar-refractivity contribution in [2.24, 2.45) is 11.8 Å². The third-order valence-electron chi connectivity index (χ3n) is 3.90. The number of benzene rings is 1. The highest BCUT2D eigenvalue weighted by Crippen LogP contribution is 2.10. The number of carbonyl (C=O) groups excluding carboxylic acids is 2. The van der Waals surface area contributed by atoms with E-state index >= 15 is 0 Å². The minimum absolute atomic E-state index is 0.124. The Labute approximate surface area is 166 Å². The minimum Gasteiger partial charge on any atom is -0.446 e. The van der Waals surface area contributed by atoms with Gasteiger partial charge in [0, 0.05) is 19.2 Å². The number of nitrogens with zero attached hydrogens (tertiary/aromatic N) is 2. The van der Waals surface area contributed by atoms with Crippen LogP contribution in [0.3, 0.4) is 0 Å². The molecule has 0 aliphatic heterocycles. The molecule has 1 heterocycles. The third-order valence-corrected chi connectivity index (χ3v) is 3.90. The van der Waals surface area contributed by atoms with Gasteiger partial charge < -0.3 is 14.6 Å². The van der Waals surface area contributed by atoms with Crippen molar-refractivity contribution in [3.8, 4) is 0 Å². The molecular formula is C22H29N3O3. The largest absolute Gasteiger partial charge is 0.446 e. The van der Waals surface area contributed by atoms with Crippen LogP contribution in [0, 0.1) is 11.8 Å². The second kappa shape index (κ2) is 10.4. The summed E-state index contributed by atoms with van der Waals surface area (Å²) >= 11 is 0. The van der Waals surface area contributed by atoms with Crippen LogP contribution in [0.2, 0.25) is 0 Å². The monoisotopic (exact) mass is 383 g/mol. The Bertz CT molecular complexity index is 794. The van der Waals surface area contributed by atoms with Gasteiger partial charge in [0.15, 0.2) is 5.69 Å². The van der Waals surface area contributed by atoms with Gasteiger partial charge in [-0.1, -0.05) is 58.0 Å². The van der Waals surface area contributed by atoms with Crippen LogP contribution < -0.4 is 5.32 Å². The molecule has 2 aromatic rings. The van der Waals surface area contributed by atoms with Crippen molar-refractivity contribution >= 4 is 17.9 Å². The van der Waals surface area contributed by atoms with Gasteiger partial charge in [-0.25, -0.2) is 4.98 Å². The molecule has 1 aromatic heterocycles. The van der Waals surface area contributed by atoms with E-state index in [9.17, 15) is 9.59 Å². The third kappa shape index (κ3) is 7.02. The molecule has 0 spiro atoms. The zero-order valence-electron chi connectivity index (χ0n) is 17.0. The van der Waals surface area contributed by atoms with E-state index in [-0.39, 0.29) is 30.0 Å². The number of nitrogens with one attached hydrogen (secondary N) is 1. The Hall–Kier alpha value is -2.89. The minimum atomic E-state index is -0.269. The van der Waals surface area contributed by atoms with Gasteiger partial charge >= 0.3 is 0 Å². The molecule has 0 saturated heterocycles. The summed E-state index contributed by atoms with van der Waals surface area (Å²) in [5, 5.41) is 2.81. The van der Waals surface area contributed by atoms with Crippen LogP contribution in [0.25, 0.3) is 6.08 Å². The first kappa shape index (κ1) is 21.4. The van der Waals surface area contributed by atoms with Crippen LogP contribution in [0.15, 0.2) is 47.1 Å². The van der Waals surface area contributed by atoms with Crippen molar-refractivity contribution in [2.75, 3.05) is 13.1 Å². The molecule has 0 aliphatic rings. The predicted octanol–water partition coefficient (Wildman–Crippen LogP) is 3.76. The standard InChI is InChI=1S/C22H29N3O3/c1-16(2)12-23-22(27)19-15-28-20(24-19)14-25(13-17(3)4)21(26)11-10-18-8-6-5-7-9-18/h5-11,15-17H,12-14H2,1-4H3,(H,23,27). The van der Waals surface area contributed by atoms with E-state index in [1.54, 1.807) is 17.1 Å². The molecule has 150 valence electrons. The molecule has 0 radical (unpaired) electrons. The highest BCUT2D eigenvalue weighted by Gasteiger charge is 2.18. The first-order chi connectivity index (χ1) is 13.3. The van der Waals surface area contributed by atoms with Crippen molar-refractivity contribution in [2.45, 2.75) is 34.2 Å². The highest BCUT2D eigenvalue weighted by molar-refractivity contribution is 5.92. The number of hydrogen-bond acceptors (Lipinski definition) is 4. The summed E-state index contributed by atoms with van der Waals surface area (Å²) in [6, 6.07) is 9.66. The number of amides is 2. The molecule has 0 bridgehead atoms. The summed E-state index contributed by atoms with van der Waals surface area (Å²) in [6.07, 6.45) is 4.68.